The van der Waals surface area contributed by atoms with Crippen molar-refractivity contribution < 1.29 is 9.53 Å². The second kappa shape index (κ2) is 3.76. The number of aromatic amines is 1. The minimum Gasteiger partial charge on any atom is -0.466 e. The van der Waals surface area contributed by atoms with Crippen LogP contribution in [0, 0.1) is 6.92 Å². The Labute approximate surface area is 71.1 Å². The second-order valence-corrected chi connectivity index (χ2v) is 2.45. The van der Waals surface area contributed by atoms with E-state index >= 15 is 0 Å². The molecule has 1 heterocycles. The molecule has 3 nitrogen and oxygen atoms in total. The van der Waals surface area contributed by atoms with Gasteiger partial charge >= 0.3 is 5.97 Å². The predicted octanol–water partition coefficient (Wildman–Crippen LogP) is 1.51. The number of methoxy groups -OCH3 is 1. The maximum atomic E-state index is 10.7. The second-order valence-electron chi connectivity index (χ2n) is 2.45. The fourth-order valence-corrected chi connectivity index (χ4v) is 0.859. The van der Waals surface area contributed by atoms with Crippen molar-refractivity contribution in [1.82, 2.24) is 4.98 Å². The van der Waals surface area contributed by atoms with Crippen LogP contribution in [0.5, 0.6) is 0 Å². The molecule has 3 heteroatoms. The average Bonchev–Trinajstić information content (AvgIpc) is 2.47. The third-order valence-corrected chi connectivity index (χ3v) is 1.59. The summed E-state index contributed by atoms with van der Waals surface area (Å²) in [6.07, 6.45) is 6.82. The van der Waals surface area contributed by atoms with Crippen molar-refractivity contribution in [3.8, 4) is 0 Å². The Morgan fingerprint density at radius 3 is 2.83 bits per heavy atom. The van der Waals surface area contributed by atoms with E-state index < -0.39 is 0 Å². The molecule has 0 fully saturated rings. The third-order valence-electron chi connectivity index (χ3n) is 1.59. The molecule has 0 saturated carbocycles. The Balaban J connectivity index is 2.69. The molecule has 12 heavy (non-hydrogen) atoms. The van der Waals surface area contributed by atoms with E-state index in [2.05, 4.69) is 9.72 Å². The van der Waals surface area contributed by atoms with Gasteiger partial charge in [-0.2, -0.15) is 0 Å². The van der Waals surface area contributed by atoms with Gasteiger partial charge in [-0.05, 0) is 24.1 Å². The van der Waals surface area contributed by atoms with Gasteiger partial charge in [-0.15, -0.1) is 0 Å². The summed E-state index contributed by atoms with van der Waals surface area (Å²) < 4.78 is 4.45. The van der Waals surface area contributed by atoms with Gasteiger partial charge in [0.15, 0.2) is 0 Å². The van der Waals surface area contributed by atoms with Crippen LogP contribution in [-0.2, 0) is 9.53 Å². The van der Waals surface area contributed by atoms with Gasteiger partial charge in [-0.1, -0.05) is 0 Å². The normalized spacial score (nSPS) is 10.5. The number of hydrogen-bond acceptors (Lipinski definition) is 2. The first-order chi connectivity index (χ1) is 5.74. The molecule has 0 aromatic carbocycles. The number of hydrogen-bond donors (Lipinski definition) is 1. The maximum Gasteiger partial charge on any atom is 0.330 e. The molecule has 0 aliphatic carbocycles. The van der Waals surface area contributed by atoms with Crippen molar-refractivity contribution in [3.05, 3.63) is 29.6 Å². The van der Waals surface area contributed by atoms with E-state index in [4.69, 9.17) is 0 Å². The van der Waals surface area contributed by atoms with Crippen LogP contribution in [0.25, 0.3) is 6.08 Å². The van der Waals surface area contributed by atoms with Crippen LogP contribution >= 0.6 is 0 Å². The van der Waals surface area contributed by atoms with Crippen molar-refractivity contribution in [3.63, 3.8) is 0 Å². The van der Waals surface area contributed by atoms with Gasteiger partial charge in [0.2, 0.25) is 0 Å². The van der Waals surface area contributed by atoms with E-state index in [1.165, 1.54) is 13.2 Å². The van der Waals surface area contributed by atoms with E-state index in [0.717, 1.165) is 11.1 Å². The fourth-order valence-electron chi connectivity index (χ4n) is 0.859. The number of H-pyrrole nitrogens is 1. The molecule has 0 bridgehead atoms. The van der Waals surface area contributed by atoms with Gasteiger partial charge in [-0.25, -0.2) is 4.79 Å². The molecular weight excluding hydrogens is 154 g/mol. The van der Waals surface area contributed by atoms with Crippen LogP contribution in [0.1, 0.15) is 11.1 Å². The molecule has 64 valence electrons. The lowest BCUT2D eigenvalue weighted by Gasteiger charge is -1.90. The summed E-state index contributed by atoms with van der Waals surface area (Å²) in [5.41, 5.74) is 2.11. The summed E-state index contributed by atoms with van der Waals surface area (Å²) in [4.78, 5) is 13.6. The quantitative estimate of drug-likeness (QED) is 0.533. The molecule has 0 spiro atoms. The van der Waals surface area contributed by atoms with Crippen molar-refractivity contribution in [1.29, 1.82) is 0 Å². The van der Waals surface area contributed by atoms with Crippen molar-refractivity contribution in [2.24, 2.45) is 0 Å². The molecule has 0 atom stereocenters. The molecule has 1 N–H and O–H groups in total. The maximum absolute atomic E-state index is 10.7. The van der Waals surface area contributed by atoms with Gasteiger partial charge < -0.3 is 9.72 Å². The average molecular weight is 165 g/mol. The van der Waals surface area contributed by atoms with Crippen LogP contribution in [-0.4, -0.2) is 18.1 Å². The highest BCUT2D eigenvalue weighted by Gasteiger charge is 1.95. The standard InChI is InChI=1S/C9H11NO2/c1-7-5-10-6-8(7)3-4-9(11)12-2/h3-6,10H,1-2H3/b4-3+. The smallest absolute Gasteiger partial charge is 0.330 e. The Kier molecular flexibility index (Phi) is 2.69. The first-order valence-electron chi connectivity index (χ1n) is 3.63. The van der Waals surface area contributed by atoms with Crippen molar-refractivity contribution in [2.75, 3.05) is 7.11 Å². The minimum atomic E-state index is -0.337. The number of carbonyl (C=O) groups is 1. The van der Waals surface area contributed by atoms with Gasteiger partial charge in [0.05, 0.1) is 7.11 Å². The van der Waals surface area contributed by atoms with Crippen LogP contribution in [0.15, 0.2) is 18.5 Å². The number of ether oxygens (including phenoxy) is 1. The minimum absolute atomic E-state index is 0.337. The molecule has 1 rings (SSSR count). The monoisotopic (exact) mass is 165 g/mol. The highest BCUT2D eigenvalue weighted by atomic mass is 16.5. The van der Waals surface area contributed by atoms with Crippen LogP contribution < -0.4 is 0 Å². The van der Waals surface area contributed by atoms with Crippen LogP contribution in [0.2, 0.25) is 0 Å². The third kappa shape index (κ3) is 1.99. The highest BCUT2D eigenvalue weighted by Crippen LogP contribution is 2.07. The first-order valence-corrected chi connectivity index (χ1v) is 3.63. The molecule has 1 aromatic rings. The Morgan fingerprint density at radius 2 is 2.33 bits per heavy atom. The van der Waals surface area contributed by atoms with Gasteiger partial charge in [0.1, 0.15) is 0 Å². The summed E-state index contributed by atoms with van der Waals surface area (Å²) in [6.45, 7) is 1.97. The number of rotatable bonds is 2. The van der Waals surface area contributed by atoms with E-state index in [0.29, 0.717) is 0 Å². The molecule has 0 unspecified atom stereocenters. The largest absolute Gasteiger partial charge is 0.466 e. The molecule has 0 aliphatic heterocycles. The zero-order chi connectivity index (χ0) is 8.97. The van der Waals surface area contributed by atoms with Gasteiger partial charge in [-0.3, -0.25) is 0 Å². The van der Waals surface area contributed by atoms with Crippen molar-refractivity contribution >= 4 is 12.0 Å². The van der Waals surface area contributed by atoms with E-state index in [-0.39, 0.29) is 5.97 Å². The topological polar surface area (TPSA) is 42.1 Å². The lowest BCUT2D eigenvalue weighted by Crippen LogP contribution is -1.93. The zero-order valence-corrected chi connectivity index (χ0v) is 7.13. The molecule has 0 radical (unpaired) electrons. The molecule has 0 aliphatic rings. The summed E-state index contributed by atoms with van der Waals surface area (Å²) in [7, 11) is 1.36. The lowest BCUT2D eigenvalue weighted by molar-refractivity contribution is -0.134. The summed E-state index contributed by atoms with van der Waals surface area (Å²) in [5.74, 6) is -0.337. The molecule has 1 aromatic heterocycles. The van der Waals surface area contributed by atoms with Gasteiger partial charge in [0.25, 0.3) is 0 Å². The number of aromatic nitrogens is 1. The highest BCUT2D eigenvalue weighted by molar-refractivity contribution is 5.87. The van der Waals surface area contributed by atoms with E-state index in [1.807, 2.05) is 19.3 Å². The SMILES string of the molecule is COC(=O)/C=C/c1c[nH]cc1C. The summed E-state index contributed by atoms with van der Waals surface area (Å²) >= 11 is 0. The first kappa shape index (κ1) is 8.59. The summed E-state index contributed by atoms with van der Waals surface area (Å²) in [6, 6.07) is 0. The Morgan fingerprint density at radius 1 is 1.58 bits per heavy atom. The zero-order valence-electron chi connectivity index (χ0n) is 7.13. The van der Waals surface area contributed by atoms with Gasteiger partial charge in [0, 0.05) is 18.5 Å². The molecule has 0 saturated heterocycles. The van der Waals surface area contributed by atoms with E-state index in [1.54, 1.807) is 6.08 Å². The number of carbonyl (C=O) groups excluding carboxylic acids is 1. The molecule has 0 amide bonds. The number of esters is 1. The number of aryl methyl sites for hydroxylation is 1. The summed E-state index contributed by atoms with van der Waals surface area (Å²) in [5, 5.41) is 0. The fraction of sp³-hybridized carbons (Fsp3) is 0.222. The van der Waals surface area contributed by atoms with Crippen LogP contribution in [0.4, 0.5) is 0 Å². The number of nitrogens with one attached hydrogen (secondary N) is 1. The predicted molar refractivity (Wildman–Crippen MR) is 46.6 cm³/mol. The van der Waals surface area contributed by atoms with E-state index in [9.17, 15) is 4.79 Å². The lowest BCUT2D eigenvalue weighted by atomic mass is 10.2. The van der Waals surface area contributed by atoms with Crippen molar-refractivity contribution in [2.45, 2.75) is 6.92 Å². The van der Waals surface area contributed by atoms with Crippen LogP contribution in [0.3, 0.4) is 0 Å². The Hall–Kier alpha value is -1.51. The Bertz CT molecular complexity index is 299. The molecular formula is C9H11NO2.